The largest absolute Gasteiger partial charge is 0.322 e. The number of benzene rings is 3. The lowest BCUT2D eigenvalue weighted by atomic mass is 9.87. The Kier molecular flexibility index (Phi) is 10.9. The van der Waals surface area contributed by atoms with Gasteiger partial charge in [-0.05, 0) is 105 Å². The number of nitrogens with one attached hydrogen (secondary N) is 1. The summed E-state index contributed by atoms with van der Waals surface area (Å²) in [7, 11) is -3.45. The highest BCUT2D eigenvalue weighted by molar-refractivity contribution is 7.89. The second kappa shape index (κ2) is 14.2. The molecule has 1 unspecified atom stereocenters. The van der Waals surface area contributed by atoms with Gasteiger partial charge >= 0.3 is 0 Å². The van der Waals surface area contributed by atoms with Crippen molar-refractivity contribution < 1.29 is 13.2 Å². The van der Waals surface area contributed by atoms with Crippen LogP contribution in [0.4, 0.5) is 5.69 Å². The number of hydrogen-bond donors (Lipinski definition) is 1. The minimum absolute atomic E-state index is 0.0470. The summed E-state index contributed by atoms with van der Waals surface area (Å²) in [5.41, 5.74) is 4.95. The maximum Gasteiger partial charge on any atom is 0.255 e. The lowest BCUT2D eigenvalue weighted by Crippen LogP contribution is -2.44. The lowest BCUT2D eigenvalue weighted by Gasteiger charge is -2.36. The van der Waals surface area contributed by atoms with Gasteiger partial charge < -0.3 is 10.2 Å². The van der Waals surface area contributed by atoms with E-state index in [0.717, 1.165) is 50.0 Å². The molecule has 0 bridgehead atoms. The van der Waals surface area contributed by atoms with Gasteiger partial charge in [-0.1, -0.05) is 69.7 Å². The highest BCUT2D eigenvalue weighted by Crippen LogP contribution is 2.26. The molecular weight excluding hydrogens is 554 g/mol. The van der Waals surface area contributed by atoms with E-state index in [1.54, 1.807) is 16.4 Å². The summed E-state index contributed by atoms with van der Waals surface area (Å²) in [6.07, 6.45) is 3.69. The second-order valence-corrected chi connectivity index (χ2v) is 15.1. The van der Waals surface area contributed by atoms with Crippen LogP contribution in [0.2, 0.25) is 0 Å². The van der Waals surface area contributed by atoms with Gasteiger partial charge in [-0.15, -0.1) is 0 Å². The molecule has 7 heteroatoms. The average Bonchev–Trinajstić information content (AvgIpc) is 2.97. The van der Waals surface area contributed by atoms with Gasteiger partial charge in [-0.25, -0.2) is 8.42 Å². The first-order valence-electron chi connectivity index (χ1n) is 15.7. The van der Waals surface area contributed by atoms with E-state index < -0.39 is 10.0 Å². The number of anilines is 1. The number of amides is 1. The summed E-state index contributed by atoms with van der Waals surface area (Å²) < 4.78 is 28.0. The molecule has 3 aromatic carbocycles. The van der Waals surface area contributed by atoms with E-state index in [-0.39, 0.29) is 11.3 Å². The Morgan fingerprint density at radius 2 is 1.65 bits per heavy atom. The predicted molar refractivity (Wildman–Crippen MR) is 177 cm³/mol. The average molecular weight is 604 g/mol. The van der Waals surface area contributed by atoms with E-state index in [0.29, 0.717) is 35.5 Å². The Bertz CT molecular complexity index is 1450. The highest BCUT2D eigenvalue weighted by atomic mass is 32.2. The summed E-state index contributed by atoms with van der Waals surface area (Å²) in [6.45, 7) is 16.0. The van der Waals surface area contributed by atoms with Crippen LogP contribution in [0.25, 0.3) is 0 Å². The van der Waals surface area contributed by atoms with Gasteiger partial charge in [0.15, 0.2) is 0 Å². The third-order valence-electron chi connectivity index (χ3n) is 8.59. The fourth-order valence-corrected chi connectivity index (χ4v) is 7.34. The molecule has 1 heterocycles. The van der Waals surface area contributed by atoms with Crippen molar-refractivity contribution in [1.29, 1.82) is 0 Å². The molecule has 232 valence electrons. The van der Waals surface area contributed by atoms with Gasteiger partial charge in [0.25, 0.3) is 5.91 Å². The predicted octanol–water partition coefficient (Wildman–Crippen LogP) is 7.29. The van der Waals surface area contributed by atoms with Gasteiger partial charge in [0, 0.05) is 36.9 Å². The number of piperidine rings is 1. The van der Waals surface area contributed by atoms with Crippen LogP contribution in [0.3, 0.4) is 0 Å². The van der Waals surface area contributed by atoms with Crippen LogP contribution in [0, 0.1) is 12.8 Å². The Hall–Kier alpha value is -3.00. The maximum atomic E-state index is 13.2. The van der Waals surface area contributed by atoms with Crippen molar-refractivity contribution in [2.75, 3.05) is 31.5 Å². The van der Waals surface area contributed by atoms with Gasteiger partial charge in [0.2, 0.25) is 10.0 Å². The summed E-state index contributed by atoms with van der Waals surface area (Å²) in [5.74, 6) is 0.364. The fraction of sp³-hybridized carbons (Fsp3) is 0.472. The third kappa shape index (κ3) is 8.78. The molecule has 1 aliphatic rings. The monoisotopic (exact) mass is 603 g/mol. The summed E-state index contributed by atoms with van der Waals surface area (Å²) in [6, 6.07) is 23.5. The first kappa shape index (κ1) is 32.9. The minimum Gasteiger partial charge on any atom is -0.322 e. The molecule has 1 amide bonds. The van der Waals surface area contributed by atoms with Gasteiger partial charge in [0.05, 0.1) is 4.90 Å². The van der Waals surface area contributed by atoms with E-state index in [9.17, 15) is 13.2 Å². The van der Waals surface area contributed by atoms with Crippen molar-refractivity contribution in [2.24, 2.45) is 5.92 Å². The zero-order valence-electron chi connectivity index (χ0n) is 26.8. The Balaban J connectivity index is 1.33. The van der Waals surface area contributed by atoms with Crippen molar-refractivity contribution >= 4 is 21.6 Å². The number of hydrogen-bond acceptors (Lipinski definition) is 4. The van der Waals surface area contributed by atoms with Crippen LogP contribution < -0.4 is 5.32 Å². The van der Waals surface area contributed by atoms with Crippen LogP contribution in [-0.2, 0) is 21.9 Å². The van der Waals surface area contributed by atoms with Gasteiger partial charge in [-0.2, -0.15) is 4.31 Å². The molecule has 0 aromatic heterocycles. The number of carbonyl (C=O) groups excluding carboxylic acids is 1. The molecule has 1 N–H and O–H groups in total. The number of aryl methyl sites for hydroxylation is 1. The van der Waals surface area contributed by atoms with Crippen molar-refractivity contribution in [3.05, 3.63) is 95.1 Å². The molecule has 1 fully saturated rings. The number of rotatable bonds is 11. The fourth-order valence-electron chi connectivity index (χ4n) is 5.87. The van der Waals surface area contributed by atoms with E-state index in [1.165, 1.54) is 11.1 Å². The van der Waals surface area contributed by atoms with Crippen molar-refractivity contribution in [3.8, 4) is 0 Å². The van der Waals surface area contributed by atoms with E-state index in [4.69, 9.17) is 0 Å². The number of carbonyl (C=O) groups is 1. The molecule has 4 rings (SSSR count). The van der Waals surface area contributed by atoms with E-state index in [1.807, 2.05) is 55.5 Å². The molecule has 1 aliphatic heterocycles. The van der Waals surface area contributed by atoms with Crippen LogP contribution in [-0.4, -0.2) is 55.8 Å². The molecule has 0 saturated carbocycles. The van der Waals surface area contributed by atoms with Gasteiger partial charge in [0.1, 0.15) is 0 Å². The molecule has 0 radical (unpaired) electrons. The van der Waals surface area contributed by atoms with Crippen LogP contribution in [0.5, 0.6) is 0 Å². The van der Waals surface area contributed by atoms with Crippen LogP contribution >= 0.6 is 0 Å². The summed E-state index contributed by atoms with van der Waals surface area (Å²) in [5, 5.41) is 3.07. The third-order valence-corrected chi connectivity index (χ3v) is 10.5. The van der Waals surface area contributed by atoms with Crippen molar-refractivity contribution in [2.45, 2.75) is 83.6 Å². The summed E-state index contributed by atoms with van der Waals surface area (Å²) in [4.78, 5) is 15.9. The zero-order chi connectivity index (χ0) is 31.2. The van der Waals surface area contributed by atoms with Crippen molar-refractivity contribution in [3.63, 3.8) is 0 Å². The molecule has 43 heavy (non-hydrogen) atoms. The Labute approximate surface area is 259 Å². The standard InChI is InChI=1S/C36H49N3O3S/c1-7-21-38(26-29-19-22-39(23-20-29)43(41,42)34-17-11-27(2)12-18-34)28(3)24-30-9-8-10-33(25-30)37-35(40)31-13-15-32(16-14-31)36(4,5)6/h8-18,25,28-29H,7,19-24,26H2,1-6H3,(H,37,40). The number of nitrogens with zero attached hydrogens (tertiary/aromatic N) is 2. The molecule has 0 spiro atoms. The molecule has 6 nitrogen and oxygen atoms in total. The van der Waals surface area contributed by atoms with E-state index >= 15 is 0 Å². The first-order chi connectivity index (χ1) is 20.4. The highest BCUT2D eigenvalue weighted by Gasteiger charge is 2.30. The number of sulfonamides is 1. The Morgan fingerprint density at radius 1 is 1.00 bits per heavy atom. The minimum atomic E-state index is -3.45. The molecule has 1 atom stereocenters. The van der Waals surface area contributed by atoms with Crippen molar-refractivity contribution in [1.82, 2.24) is 9.21 Å². The lowest BCUT2D eigenvalue weighted by molar-refractivity contribution is 0.102. The topological polar surface area (TPSA) is 69.7 Å². The van der Waals surface area contributed by atoms with Crippen LogP contribution in [0.15, 0.2) is 77.7 Å². The molecule has 1 saturated heterocycles. The molecule has 3 aromatic rings. The SMILES string of the molecule is CCCN(CC1CCN(S(=O)(=O)c2ccc(C)cc2)CC1)C(C)Cc1cccc(NC(=O)c2ccc(C(C)(C)C)cc2)c1. The zero-order valence-corrected chi connectivity index (χ0v) is 27.6. The van der Waals surface area contributed by atoms with E-state index in [2.05, 4.69) is 57.0 Å². The summed E-state index contributed by atoms with van der Waals surface area (Å²) >= 11 is 0. The smallest absolute Gasteiger partial charge is 0.255 e. The molecular formula is C36H49N3O3S. The van der Waals surface area contributed by atoms with Gasteiger partial charge in [-0.3, -0.25) is 4.79 Å². The second-order valence-electron chi connectivity index (χ2n) is 13.2. The first-order valence-corrected chi connectivity index (χ1v) is 17.1. The molecule has 0 aliphatic carbocycles. The Morgan fingerprint density at radius 3 is 2.26 bits per heavy atom. The quantitative estimate of drug-likeness (QED) is 0.250. The maximum absolute atomic E-state index is 13.2. The van der Waals surface area contributed by atoms with Crippen LogP contribution in [0.1, 0.15) is 80.9 Å². The normalized spacial score (nSPS) is 15.9.